The van der Waals surface area contributed by atoms with Crippen LogP contribution in [-0.4, -0.2) is 35.5 Å². The van der Waals surface area contributed by atoms with Gasteiger partial charge in [-0.2, -0.15) is 0 Å². The number of rotatable bonds is 1. The molecule has 3 heterocycles. The maximum atomic E-state index is 12.6. The first-order chi connectivity index (χ1) is 10.7. The van der Waals surface area contributed by atoms with Crippen molar-refractivity contribution in [2.24, 2.45) is 0 Å². The second kappa shape index (κ2) is 4.99. The number of hydrogen-bond acceptors (Lipinski definition) is 3. The van der Waals surface area contributed by atoms with Crippen LogP contribution in [0.25, 0.3) is 0 Å². The Hall–Kier alpha value is -2.07. The quantitative estimate of drug-likeness (QED) is 0.760. The van der Waals surface area contributed by atoms with Gasteiger partial charge in [-0.3, -0.25) is 4.79 Å². The van der Waals surface area contributed by atoms with E-state index in [1.807, 2.05) is 23.1 Å². The number of carbonyl (C=O) groups is 1. The molecule has 22 heavy (non-hydrogen) atoms. The van der Waals surface area contributed by atoms with Crippen molar-refractivity contribution >= 4 is 17.5 Å². The summed E-state index contributed by atoms with van der Waals surface area (Å²) in [6.07, 6.45) is 0.913. The lowest BCUT2D eigenvalue weighted by atomic mass is 9.82. The molecular formula is C17H15ClN2O2. The molecule has 4 rings (SSSR count). The molecule has 112 valence electrons. The number of hydrogen-bond donors (Lipinski definition) is 0. The number of amides is 1. The van der Waals surface area contributed by atoms with Gasteiger partial charge in [0.15, 0.2) is 0 Å². The molecule has 1 aromatic heterocycles. The van der Waals surface area contributed by atoms with Crippen LogP contribution in [0.2, 0.25) is 5.15 Å². The van der Waals surface area contributed by atoms with Crippen molar-refractivity contribution < 1.29 is 9.53 Å². The summed E-state index contributed by atoms with van der Waals surface area (Å²) in [7, 11) is 0. The van der Waals surface area contributed by atoms with E-state index in [2.05, 4.69) is 11.1 Å². The molecule has 0 bridgehead atoms. The van der Waals surface area contributed by atoms with Crippen molar-refractivity contribution in [2.45, 2.75) is 11.8 Å². The number of nitrogens with zero attached hydrogens (tertiary/aromatic N) is 2. The summed E-state index contributed by atoms with van der Waals surface area (Å²) >= 11 is 5.88. The zero-order valence-corrected chi connectivity index (χ0v) is 12.7. The molecule has 0 radical (unpaired) electrons. The molecule has 2 aromatic rings. The van der Waals surface area contributed by atoms with E-state index in [4.69, 9.17) is 16.3 Å². The lowest BCUT2D eigenvalue weighted by molar-refractivity contribution is 0.0775. The van der Waals surface area contributed by atoms with Gasteiger partial charge in [-0.1, -0.05) is 35.9 Å². The number of para-hydroxylation sites is 1. The van der Waals surface area contributed by atoms with E-state index in [0.717, 1.165) is 12.2 Å². The number of ether oxygens (including phenoxy) is 1. The van der Waals surface area contributed by atoms with Crippen LogP contribution in [0, 0.1) is 0 Å². The number of fused-ring (bicyclic) bond motifs is 2. The van der Waals surface area contributed by atoms with E-state index in [0.29, 0.717) is 30.5 Å². The average molecular weight is 315 g/mol. The van der Waals surface area contributed by atoms with Crippen molar-refractivity contribution in [1.82, 2.24) is 9.88 Å². The minimum atomic E-state index is -0.0785. The Kier molecular flexibility index (Phi) is 3.08. The number of pyridine rings is 1. The molecule has 0 saturated carbocycles. The third-order valence-corrected chi connectivity index (χ3v) is 4.75. The van der Waals surface area contributed by atoms with Gasteiger partial charge in [-0.05, 0) is 24.6 Å². The van der Waals surface area contributed by atoms with E-state index in [-0.39, 0.29) is 11.3 Å². The summed E-state index contributed by atoms with van der Waals surface area (Å²) in [5.74, 6) is 0.876. The molecule has 1 fully saturated rings. The van der Waals surface area contributed by atoms with Gasteiger partial charge in [-0.25, -0.2) is 4.98 Å². The Morgan fingerprint density at radius 1 is 1.23 bits per heavy atom. The van der Waals surface area contributed by atoms with Crippen LogP contribution in [0.5, 0.6) is 5.75 Å². The zero-order chi connectivity index (χ0) is 15.2. The Morgan fingerprint density at radius 3 is 2.95 bits per heavy atom. The van der Waals surface area contributed by atoms with Gasteiger partial charge in [0.1, 0.15) is 16.6 Å². The van der Waals surface area contributed by atoms with Gasteiger partial charge >= 0.3 is 0 Å². The van der Waals surface area contributed by atoms with Crippen molar-refractivity contribution in [2.75, 3.05) is 19.7 Å². The maximum Gasteiger partial charge on any atom is 0.272 e. The fraction of sp³-hybridized carbons (Fsp3) is 0.294. The molecule has 1 atom stereocenters. The maximum absolute atomic E-state index is 12.6. The Morgan fingerprint density at radius 2 is 2.09 bits per heavy atom. The molecule has 0 N–H and O–H groups in total. The highest BCUT2D eigenvalue weighted by Crippen LogP contribution is 2.44. The van der Waals surface area contributed by atoms with E-state index in [1.54, 1.807) is 18.2 Å². The SMILES string of the molecule is O=C(c1cccc(Cl)n1)N1CCC2(COc3ccccc32)C1. The minimum absolute atomic E-state index is 0.0660. The topological polar surface area (TPSA) is 42.4 Å². The normalized spacial score (nSPS) is 22.7. The molecule has 2 aliphatic heterocycles. The smallest absolute Gasteiger partial charge is 0.272 e. The highest BCUT2D eigenvalue weighted by atomic mass is 35.5. The van der Waals surface area contributed by atoms with Crippen LogP contribution in [0.1, 0.15) is 22.5 Å². The zero-order valence-electron chi connectivity index (χ0n) is 12.0. The van der Waals surface area contributed by atoms with Gasteiger partial charge in [0.05, 0.1) is 12.0 Å². The van der Waals surface area contributed by atoms with Crippen LogP contribution in [0.15, 0.2) is 42.5 Å². The van der Waals surface area contributed by atoms with Crippen molar-refractivity contribution in [3.05, 3.63) is 58.9 Å². The summed E-state index contributed by atoms with van der Waals surface area (Å²) in [5, 5.41) is 0.342. The molecule has 1 spiro atoms. The van der Waals surface area contributed by atoms with Crippen LogP contribution in [-0.2, 0) is 5.41 Å². The Labute approximate surface area is 133 Å². The molecule has 0 aliphatic carbocycles. The monoisotopic (exact) mass is 314 g/mol. The molecule has 1 unspecified atom stereocenters. The van der Waals surface area contributed by atoms with Gasteiger partial charge in [0.2, 0.25) is 0 Å². The number of aromatic nitrogens is 1. The third-order valence-electron chi connectivity index (χ3n) is 4.54. The molecule has 5 heteroatoms. The Balaban J connectivity index is 1.60. The number of halogens is 1. The van der Waals surface area contributed by atoms with Crippen molar-refractivity contribution in [1.29, 1.82) is 0 Å². The summed E-state index contributed by atoms with van der Waals surface area (Å²) in [6, 6.07) is 13.2. The van der Waals surface area contributed by atoms with Crippen LogP contribution < -0.4 is 4.74 Å². The summed E-state index contributed by atoms with van der Waals surface area (Å²) < 4.78 is 5.81. The van der Waals surface area contributed by atoms with Gasteiger partial charge in [0.25, 0.3) is 5.91 Å². The highest BCUT2D eigenvalue weighted by Gasteiger charge is 2.47. The van der Waals surface area contributed by atoms with Gasteiger partial charge < -0.3 is 9.64 Å². The van der Waals surface area contributed by atoms with E-state index >= 15 is 0 Å². The van der Waals surface area contributed by atoms with Crippen LogP contribution in [0.4, 0.5) is 0 Å². The predicted molar refractivity (Wildman–Crippen MR) is 83.4 cm³/mol. The average Bonchev–Trinajstić information content (AvgIpc) is 3.13. The first-order valence-electron chi connectivity index (χ1n) is 7.32. The van der Waals surface area contributed by atoms with Crippen LogP contribution >= 0.6 is 11.6 Å². The molecule has 1 saturated heterocycles. The number of benzene rings is 1. The van der Waals surface area contributed by atoms with Gasteiger partial charge in [-0.15, -0.1) is 0 Å². The van der Waals surface area contributed by atoms with Crippen LogP contribution in [0.3, 0.4) is 0 Å². The molecular weight excluding hydrogens is 300 g/mol. The van der Waals surface area contributed by atoms with Gasteiger partial charge in [0, 0.05) is 18.7 Å². The van der Waals surface area contributed by atoms with E-state index in [9.17, 15) is 4.79 Å². The van der Waals surface area contributed by atoms with Crippen molar-refractivity contribution in [3.63, 3.8) is 0 Å². The minimum Gasteiger partial charge on any atom is -0.492 e. The first-order valence-corrected chi connectivity index (χ1v) is 7.70. The van der Waals surface area contributed by atoms with E-state index < -0.39 is 0 Å². The lowest BCUT2D eigenvalue weighted by Gasteiger charge is -2.22. The standard InChI is InChI=1S/C17H15ClN2O2/c18-15-7-3-5-13(19-15)16(21)20-9-8-17(10-20)11-22-14-6-2-1-4-12(14)17/h1-7H,8-11H2. The summed E-state index contributed by atoms with van der Waals surface area (Å²) in [4.78, 5) is 18.6. The molecule has 1 aromatic carbocycles. The molecule has 2 aliphatic rings. The fourth-order valence-corrected chi connectivity index (χ4v) is 3.56. The fourth-order valence-electron chi connectivity index (χ4n) is 3.40. The molecule has 1 amide bonds. The second-order valence-electron chi connectivity index (χ2n) is 5.89. The lowest BCUT2D eigenvalue weighted by Crippen LogP contribution is -2.35. The third kappa shape index (κ3) is 2.06. The number of carbonyl (C=O) groups excluding carboxylic acids is 1. The largest absolute Gasteiger partial charge is 0.492 e. The Bertz CT molecular complexity index is 749. The summed E-state index contributed by atoms with van der Waals surface area (Å²) in [6.45, 7) is 2.01. The summed E-state index contributed by atoms with van der Waals surface area (Å²) in [5.41, 5.74) is 1.53. The van der Waals surface area contributed by atoms with Crippen molar-refractivity contribution in [3.8, 4) is 5.75 Å². The first kappa shape index (κ1) is 13.6. The van der Waals surface area contributed by atoms with E-state index in [1.165, 1.54) is 5.56 Å². The second-order valence-corrected chi connectivity index (χ2v) is 6.27. The number of likely N-dealkylation sites (tertiary alicyclic amines) is 1. The molecule has 4 nitrogen and oxygen atoms in total. The predicted octanol–water partition coefficient (Wildman–Crippen LogP) is 2.91. The highest BCUT2D eigenvalue weighted by molar-refractivity contribution is 6.29.